The van der Waals surface area contributed by atoms with Gasteiger partial charge >= 0.3 is 29.6 Å². The quantitative estimate of drug-likeness (QED) is 0.481. The molecule has 0 unspecified atom stereocenters. The maximum Gasteiger partial charge on any atom is 1.00 e. The molecule has 4 nitrogen and oxygen atoms in total. The minimum Gasteiger partial charge on any atom is -0.572 e. The van der Waals surface area contributed by atoms with E-state index < -0.39 is 10.0 Å². The summed E-state index contributed by atoms with van der Waals surface area (Å²) in [5.41, 5.74) is 1.57. The van der Waals surface area contributed by atoms with Gasteiger partial charge in [-0.05, 0) is 31.2 Å². The van der Waals surface area contributed by atoms with Gasteiger partial charge in [-0.3, -0.25) is 4.79 Å². The van der Waals surface area contributed by atoms with Crippen molar-refractivity contribution in [3.63, 3.8) is 0 Å². The van der Waals surface area contributed by atoms with Crippen LogP contribution in [0.15, 0.2) is 77.7 Å². The minimum atomic E-state index is -3.95. The molecule has 7 heteroatoms. The van der Waals surface area contributed by atoms with Crippen LogP contribution in [0, 0.1) is 6.92 Å². The van der Waals surface area contributed by atoms with Gasteiger partial charge in [-0.2, -0.15) is 0 Å². The molecule has 132 valence electrons. The summed E-state index contributed by atoms with van der Waals surface area (Å²) in [7, 11) is -3.95. The molecule has 0 spiro atoms. The second-order valence-electron chi connectivity index (χ2n) is 5.74. The maximum absolute atomic E-state index is 12.8. The number of sulfonamides is 1. The fourth-order valence-corrected chi connectivity index (χ4v) is 3.58. The molecule has 0 saturated heterocycles. The summed E-state index contributed by atoms with van der Waals surface area (Å²) in [6.07, 6.45) is 0. The van der Waals surface area contributed by atoms with Gasteiger partial charge < -0.3 is 4.72 Å². The molecule has 0 aliphatic rings. The fourth-order valence-electron chi connectivity index (χ4n) is 2.41. The number of carbonyl (C=O) groups excluding carboxylic acids is 1. The van der Waals surface area contributed by atoms with Crippen molar-refractivity contribution in [1.82, 2.24) is 0 Å². The predicted molar refractivity (Wildman–Crippen MR) is 103 cm³/mol. The molecule has 0 aliphatic heterocycles. The topological polar surface area (TPSA) is 65.3 Å². The summed E-state index contributed by atoms with van der Waals surface area (Å²) in [5, 5.41) is 0.330. The molecule has 3 aromatic rings. The van der Waals surface area contributed by atoms with Crippen LogP contribution in [0.5, 0.6) is 0 Å². The van der Waals surface area contributed by atoms with E-state index in [4.69, 9.17) is 11.6 Å². The van der Waals surface area contributed by atoms with Crippen molar-refractivity contribution in [1.29, 1.82) is 0 Å². The van der Waals surface area contributed by atoms with Gasteiger partial charge in [-0.25, -0.2) is 8.42 Å². The van der Waals surface area contributed by atoms with E-state index in [2.05, 4.69) is 4.72 Å². The van der Waals surface area contributed by atoms with E-state index in [1.165, 1.54) is 30.3 Å². The molecule has 3 aromatic carbocycles. The van der Waals surface area contributed by atoms with E-state index in [9.17, 15) is 13.2 Å². The van der Waals surface area contributed by atoms with E-state index in [-0.39, 0.29) is 51.5 Å². The average molecular weight is 408 g/mol. The third kappa shape index (κ3) is 5.21. The van der Waals surface area contributed by atoms with Gasteiger partial charge in [-0.1, -0.05) is 65.7 Å². The molecule has 0 atom stereocenters. The standard InChI is InChI=1S/C20H16ClNO3S.Na/c1-14-7-10-17(11-8-14)26(24,25)22-19-12-9-16(21)13-18(19)20(23)15-5-3-2-4-6-15;/h2-13H,1H3,(H,22,23);/q;+1/p-1. The molecule has 0 saturated carbocycles. The monoisotopic (exact) mass is 407 g/mol. The zero-order valence-electron chi connectivity index (χ0n) is 14.9. The Morgan fingerprint density at radius 3 is 2.19 bits per heavy atom. The average Bonchev–Trinajstić information content (AvgIpc) is 2.63. The second-order valence-corrected chi connectivity index (χ2v) is 7.78. The third-order valence-electron chi connectivity index (χ3n) is 3.78. The van der Waals surface area contributed by atoms with Crippen LogP contribution in [0.25, 0.3) is 4.72 Å². The van der Waals surface area contributed by atoms with Crippen LogP contribution in [-0.2, 0) is 10.0 Å². The van der Waals surface area contributed by atoms with Gasteiger partial charge in [0.2, 0.25) is 0 Å². The Labute approximate surface area is 185 Å². The van der Waals surface area contributed by atoms with E-state index in [0.29, 0.717) is 10.6 Å². The van der Waals surface area contributed by atoms with Crippen LogP contribution in [0.1, 0.15) is 21.5 Å². The molecule has 0 amide bonds. The summed E-state index contributed by atoms with van der Waals surface area (Å²) in [5.74, 6) is -0.342. The second kappa shape index (κ2) is 9.04. The SMILES string of the molecule is Cc1ccc(S(=O)(=O)[N-]c2ccc(Cl)cc2C(=O)c2ccccc2)cc1.[Na+]. The van der Waals surface area contributed by atoms with E-state index in [1.54, 1.807) is 42.5 Å². The van der Waals surface area contributed by atoms with Crippen LogP contribution in [0.3, 0.4) is 0 Å². The first kappa shape index (κ1) is 21.7. The zero-order valence-corrected chi connectivity index (χ0v) is 18.5. The number of hydrogen-bond acceptors (Lipinski definition) is 3. The molecular formula is C20H15ClNNaO3S. The molecule has 0 heterocycles. The number of nitrogens with zero attached hydrogens (tertiary/aromatic N) is 1. The van der Waals surface area contributed by atoms with Crippen LogP contribution in [0.2, 0.25) is 5.02 Å². The number of carbonyl (C=O) groups is 1. The Balaban J connectivity index is 0.00000261. The smallest absolute Gasteiger partial charge is 0.572 e. The predicted octanol–water partition coefficient (Wildman–Crippen LogP) is 2.28. The number of benzene rings is 3. The molecular weight excluding hydrogens is 393 g/mol. The molecule has 0 fully saturated rings. The maximum atomic E-state index is 12.8. The fraction of sp³-hybridized carbons (Fsp3) is 0.0500. The van der Waals surface area contributed by atoms with Crippen LogP contribution < -0.4 is 29.6 Å². The Bertz CT molecular complexity index is 1050. The zero-order chi connectivity index (χ0) is 18.7. The number of aryl methyl sites for hydroxylation is 1. The molecule has 3 rings (SSSR count). The van der Waals surface area contributed by atoms with Crippen molar-refractivity contribution < 1.29 is 42.8 Å². The molecule has 0 bridgehead atoms. The van der Waals surface area contributed by atoms with E-state index >= 15 is 0 Å². The number of halogens is 1. The first-order chi connectivity index (χ1) is 12.4. The minimum absolute atomic E-state index is 0. The van der Waals surface area contributed by atoms with Gasteiger partial charge in [0.05, 0.1) is 4.90 Å². The van der Waals surface area contributed by atoms with Crippen LogP contribution in [-0.4, -0.2) is 14.2 Å². The first-order valence-corrected chi connectivity index (χ1v) is 9.62. The van der Waals surface area contributed by atoms with Crippen molar-refractivity contribution in [2.45, 2.75) is 11.8 Å². The van der Waals surface area contributed by atoms with Crippen molar-refractivity contribution in [3.8, 4) is 0 Å². The van der Waals surface area contributed by atoms with Crippen molar-refractivity contribution in [2.75, 3.05) is 0 Å². The number of hydrogen-bond donors (Lipinski definition) is 0. The molecule has 0 N–H and O–H groups in total. The van der Waals surface area contributed by atoms with Gasteiger partial charge in [0.25, 0.3) is 0 Å². The third-order valence-corrected chi connectivity index (χ3v) is 5.32. The Morgan fingerprint density at radius 2 is 1.56 bits per heavy atom. The Kier molecular flexibility index (Phi) is 7.25. The normalized spacial score (nSPS) is 10.7. The van der Waals surface area contributed by atoms with Gasteiger partial charge in [0.1, 0.15) is 10.0 Å². The van der Waals surface area contributed by atoms with Crippen LogP contribution in [0.4, 0.5) is 5.69 Å². The van der Waals surface area contributed by atoms with Crippen LogP contribution >= 0.6 is 11.6 Å². The molecule has 0 aromatic heterocycles. The van der Waals surface area contributed by atoms with Crippen molar-refractivity contribution in [3.05, 3.63) is 99.2 Å². The summed E-state index contributed by atoms with van der Waals surface area (Å²) in [6.45, 7) is 1.86. The largest absolute Gasteiger partial charge is 1.00 e. The molecule has 0 radical (unpaired) electrons. The Morgan fingerprint density at radius 1 is 0.926 bits per heavy atom. The van der Waals surface area contributed by atoms with Gasteiger partial charge in [-0.15, -0.1) is 5.69 Å². The number of ketones is 1. The summed E-state index contributed by atoms with van der Waals surface area (Å²) >= 11 is 6.01. The summed E-state index contributed by atoms with van der Waals surface area (Å²) < 4.78 is 29.1. The van der Waals surface area contributed by atoms with Gasteiger partial charge in [0, 0.05) is 16.1 Å². The summed E-state index contributed by atoms with van der Waals surface area (Å²) in [4.78, 5) is 12.8. The van der Waals surface area contributed by atoms with E-state index in [1.807, 2.05) is 6.92 Å². The number of rotatable bonds is 5. The van der Waals surface area contributed by atoms with Crippen molar-refractivity contribution >= 4 is 33.1 Å². The Hall–Kier alpha value is -1.63. The van der Waals surface area contributed by atoms with Crippen molar-refractivity contribution in [2.24, 2.45) is 0 Å². The molecule has 0 aliphatic carbocycles. The molecule has 27 heavy (non-hydrogen) atoms. The van der Waals surface area contributed by atoms with Gasteiger partial charge in [0.15, 0.2) is 5.78 Å². The summed E-state index contributed by atoms with van der Waals surface area (Å²) in [6, 6.07) is 19.3. The van der Waals surface area contributed by atoms with E-state index in [0.717, 1.165) is 5.56 Å². The first-order valence-electron chi connectivity index (χ1n) is 7.81.